The van der Waals surface area contributed by atoms with Gasteiger partial charge in [-0.1, -0.05) is 38.1 Å². The average molecular weight is 500 g/mol. The third-order valence-corrected chi connectivity index (χ3v) is 8.09. The molecule has 3 aliphatic heterocycles. The molecular formula is C29H42FN3O3. The molecule has 198 valence electrons. The summed E-state index contributed by atoms with van der Waals surface area (Å²) in [5.41, 5.74) is 0.341. The molecule has 3 aliphatic rings. The van der Waals surface area contributed by atoms with Crippen LogP contribution in [0.5, 0.6) is 0 Å². The Hall–Kier alpha value is -2.25. The van der Waals surface area contributed by atoms with Crippen molar-refractivity contribution in [1.29, 1.82) is 0 Å². The number of hydrogen-bond donors (Lipinski definition) is 2. The van der Waals surface area contributed by atoms with Gasteiger partial charge in [-0.25, -0.2) is 4.39 Å². The van der Waals surface area contributed by atoms with Gasteiger partial charge in [-0.3, -0.25) is 9.59 Å². The molecule has 2 amide bonds. The SMILES string of the molecule is CC(C)CC1CC/C=C\COCC2(CCNCC2)C(=O)N2CC[C@H](c3cccc(F)c3)[C@@H](C2)NC1=O. The fourth-order valence-corrected chi connectivity index (χ4v) is 6.11. The number of fused-ring (bicyclic) bond motifs is 2. The van der Waals surface area contributed by atoms with Gasteiger partial charge in [-0.05, 0) is 75.2 Å². The van der Waals surface area contributed by atoms with Crippen molar-refractivity contribution >= 4 is 11.8 Å². The highest BCUT2D eigenvalue weighted by Gasteiger charge is 2.45. The third-order valence-electron chi connectivity index (χ3n) is 8.09. The third kappa shape index (κ3) is 6.54. The number of piperidine rings is 2. The fraction of sp³-hybridized carbons (Fsp3) is 0.655. The number of ether oxygens (including phenoxy) is 1. The zero-order valence-electron chi connectivity index (χ0n) is 21.8. The number of carbonyl (C=O) groups is 2. The summed E-state index contributed by atoms with van der Waals surface area (Å²) in [4.78, 5) is 29.5. The molecule has 2 saturated heterocycles. The van der Waals surface area contributed by atoms with Gasteiger partial charge < -0.3 is 20.3 Å². The molecule has 2 bridgehead atoms. The highest BCUT2D eigenvalue weighted by Crippen LogP contribution is 2.36. The molecule has 1 spiro atoms. The Kier molecular flexibility index (Phi) is 9.18. The maximum atomic E-state index is 14.1. The first-order valence-electron chi connectivity index (χ1n) is 13.7. The Labute approximate surface area is 215 Å². The van der Waals surface area contributed by atoms with Gasteiger partial charge in [-0.2, -0.15) is 0 Å². The van der Waals surface area contributed by atoms with Crippen molar-refractivity contribution in [3.8, 4) is 0 Å². The van der Waals surface area contributed by atoms with Crippen LogP contribution in [-0.4, -0.2) is 62.1 Å². The van der Waals surface area contributed by atoms with E-state index in [0.717, 1.165) is 50.8 Å². The van der Waals surface area contributed by atoms with Crippen molar-refractivity contribution < 1.29 is 18.7 Å². The van der Waals surface area contributed by atoms with E-state index in [1.807, 2.05) is 17.0 Å². The first kappa shape index (κ1) is 26.8. The number of nitrogens with one attached hydrogen (secondary N) is 2. The Morgan fingerprint density at radius 2 is 1.97 bits per heavy atom. The molecule has 1 aromatic rings. The Bertz CT molecular complexity index is 928. The van der Waals surface area contributed by atoms with Crippen LogP contribution in [0.25, 0.3) is 0 Å². The predicted molar refractivity (Wildman–Crippen MR) is 139 cm³/mol. The fourth-order valence-electron chi connectivity index (χ4n) is 6.11. The van der Waals surface area contributed by atoms with Gasteiger partial charge in [0.15, 0.2) is 0 Å². The average Bonchev–Trinajstić information content (AvgIpc) is 2.87. The number of carbonyl (C=O) groups excluding carboxylic acids is 2. The highest BCUT2D eigenvalue weighted by molar-refractivity contribution is 5.84. The summed E-state index contributed by atoms with van der Waals surface area (Å²) in [5, 5.41) is 6.70. The minimum absolute atomic E-state index is 0.0378. The van der Waals surface area contributed by atoms with E-state index in [2.05, 4.69) is 30.6 Å². The lowest BCUT2D eigenvalue weighted by Gasteiger charge is -2.45. The molecule has 2 fully saturated rings. The monoisotopic (exact) mass is 499 g/mol. The second kappa shape index (κ2) is 12.3. The summed E-state index contributed by atoms with van der Waals surface area (Å²) in [6.45, 7) is 7.79. The number of hydrogen-bond acceptors (Lipinski definition) is 4. The van der Waals surface area contributed by atoms with Crippen molar-refractivity contribution in [2.24, 2.45) is 17.3 Å². The second-order valence-corrected chi connectivity index (χ2v) is 11.2. The van der Waals surface area contributed by atoms with E-state index in [0.29, 0.717) is 38.6 Å². The lowest BCUT2D eigenvalue weighted by molar-refractivity contribution is -0.150. The molecule has 1 aromatic carbocycles. The van der Waals surface area contributed by atoms with Crippen LogP contribution in [-0.2, 0) is 14.3 Å². The molecule has 36 heavy (non-hydrogen) atoms. The molecule has 0 aliphatic carbocycles. The quantitative estimate of drug-likeness (QED) is 0.617. The van der Waals surface area contributed by atoms with E-state index in [-0.39, 0.29) is 35.5 Å². The van der Waals surface area contributed by atoms with Gasteiger partial charge in [0.25, 0.3) is 0 Å². The lowest BCUT2D eigenvalue weighted by Crippen LogP contribution is -2.58. The van der Waals surface area contributed by atoms with E-state index >= 15 is 0 Å². The molecule has 6 nitrogen and oxygen atoms in total. The molecule has 0 saturated carbocycles. The maximum absolute atomic E-state index is 14.1. The number of halogens is 1. The summed E-state index contributed by atoms with van der Waals surface area (Å²) in [6, 6.07) is 6.43. The number of benzene rings is 1. The maximum Gasteiger partial charge on any atom is 0.231 e. The van der Waals surface area contributed by atoms with Gasteiger partial charge in [-0.15, -0.1) is 0 Å². The number of rotatable bonds is 3. The second-order valence-electron chi connectivity index (χ2n) is 11.2. The summed E-state index contributed by atoms with van der Waals surface area (Å²) < 4.78 is 20.2. The molecule has 0 aromatic heterocycles. The molecule has 0 radical (unpaired) electrons. The van der Waals surface area contributed by atoms with Gasteiger partial charge >= 0.3 is 0 Å². The van der Waals surface area contributed by atoms with Crippen LogP contribution in [0.15, 0.2) is 36.4 Å². The Morgan fingerprint density at radius 3 is 2.72 bits per heavy atom. The van der Waals surface area contributed by atoms with Crippen LogP contribution in [0.2, 0.25) is 0 Å². The standard InChI is InChI=1S/C29H42FN3O3/c1-21(2)17-23-7-4-3-5-16-36-20-29(11-13-31-14-12-29)28(35)33-15-10-25(26(19-33)32-27(23)34)22-8-6-9-24(30)18-22/h3,5-6,8-9,18,21,23,25-26,31H,4,7,10-17,19-20H2,1-2H3,(H,32,34)/b5-3-/t23?,25-,26-/m1/s1. The van der Waals surface area contributed by atoms with Crippen molar-refractivity contribution in [3.63, 3.8) is 0 Å². The zero-order valence-corrected chi connectivity index (χ0v) is 21.8. The van der Waals surface area contributed by atoms with Crippen molar-refractivity contribution in [2.45, 2.75) is 64.3 Å². The minimum Gasteiger partial charge on any atom is -0.376 e. The normalized spacial score (nSPS) is 28.9. The number of allylic oxidation sites excluding steroid dienone is 1. The van der Waals surface area contributed by atoms with Crippen LogP contribution in [0.3, 0.4) is 0 Å². The van der Waals surface area contributed by atoms with Crippen LogP contribution in [0.1, 0.15) is 63.9 Å². The van der Waals surface area contributed by atoms with Crippen LogP contribution in [0.4, 0.5) is 4.39 Å². The summed E-state index contributed by atoms with van der Waals surface area (Å²) in [7, 11) is 0. The van der Waals surface area contributed by atoms with E-state index in [1.165, 1.54) is 6.07 Å². The smallest absolute Gasteiger partial charge is 0.231 e. The number of amides is 2. The van der Waals surface area contributed by atoms with E-state index in [4.69, 9.17) is 4.74 Å². The molecule has 4 rings (SSSR count). The van der Waals surface area contributed by atoms with Crippen LogP contribution >= 0.6 is 0 Å². The Morgan fingerprint density at radius 1 is 1.17 bits per heavy atom. The first-order chi connectivity index (χ1) is 17.4. The van der Waals surface area contributed by atoms with E-state index < -0.39 is 5.41 Å². The molecule has 3 atom stereocenters. The summed E-state index contributed by atoms with van der Waals surface area (Å²) in [6.07, 6.45) is 8.68. The minimum atomic E-state index is -0.542. The Balaban J connectivity index is 1.64. The van der Waals surface area contributed by atoms with Crippen LogP contribution < -0.4 is 10.6 Å². The zero-order chi connectivity index (χ0) is 25.5. The van der Waals surface area contributed by atoms with Crippen molar-refractivity contribution in [1.82, 2.24) is 15.5 Å². The topological polar surface area (TPSA) is 70.7 Å². The van der Waals surface area contributed by atoms with E-state index in [9.17, 15) is 14.0 Å². The van der Waals surface area contributed by atoms with Gasteiger partial charge in [0.05, 0.1) is 24.7 Å². The van der Waals surface area contributed by atoms with Crippen molar-refractivity contribution in [2.75, 3.05) is 39.4 Å². The van der Waals surface area contributed by atoms with Gasteiger partial charge in [0, 0.05) is 24.9 Å². The van der Waals surface area contributed by atoms with Crippen molar-refractivity contribution in [3.05, 3.63) is 47.8 Å². The molecule has 7 heteroatoms. The molecule has 3 heterocycles. The molecule has 2 N–H and O–H groups in total. The van der Waals surface area contributed by atoms with Gasteiger partial charge in [0.1, 0.15) is 5.82 Å². The number of nitrogens with zero attached hydrogens (tertiary/aromatic N) is 1. The molecule has 1 unspecified atom stereocenters. The predicted octanol–water partition coefficient (Wildman–Crippen LogP) is 4.03. The van der Waals surface area contributed by atoms with Gasteiger partial charge in [0.2, 0.25) is 11.8 Å². The largest absolute Gasteiger partial charge is 0.376 e. The summed E-state index contributed by atoms with van der Waals surface area (Å²) >= 11 is 0. The molecular weight excluding hydrogens is 457 g/mol. The highest BCUT2D eigenvalue weighted by atomic mass is 19.1. The van der Waals surface area contributed by atoms with E-state index in [1.54, 1.807) is 12.1 Å². The first-order valence-corrected chi connectivity index (χ1v) is 13.7. The van der Waals surface area contributed by atoms with Crippen LogP contribution in [0, 0.1) is 23.1 Å². The lowest BCUT2D eigenvalue weighted by atomic mass is 9.77. The summed E-state index contributed by atoms with van der Waals surface area (Å²) in [5.74, 6) is 0.155.